The first kappa shape index (κ1) is 13.1. The van der Waals surface area contributed by atoms with Crippen molar-refractivity contribution in [1.29, 1.82) is 0 Å². The highest BCUT2D eigenvalue weighted by Crippen LogP contribution is 2.34. The quantitative estimate of drug-likeness (QED) is 0.895. The van der Waals surface area contributed by atoms with Crippen molar-refractivity contribution < 1.29 is 0 Å². The second-order valence-electron chi connectivity index (χ2n) is 5.77. The van der Waals surface area contributed by atoms with E-state index in [1.807, 2.05) is 0 Å². The van der Waals surface area contributed by atoms with Crippen LogP contribution in [0, 0.1) is 0 Å². The van der Waals surface area contributed by atoms with Crippen molar-refractivity contribution in [2.75, 3.05) is 39.3 Å². The molecule has 1 atom stereocenters. The third-order valence-corrected chi connectivity index (χ3v) is 4.63. The minimum atomic E-state index is 0.657. The van der Waals surface area contributed by atoms with E-state index in [1.54, 1.807) is 11.1 Å². The molecule has 0 radical (unpaired) electrons. The Hall–Kier alpha value is -0.900. The predicted octanol–water partition coefficient (Wildman–Crippen LogP) is 1.64. The molecule has 1 aliphatic carbocycles. The van der Waals surface area contributed by atoms with Gasteiger partial charge in [-0.05, 0) is 30.4 Å². The van der Waals surface area contributed by atoms with Gasteiger partial charge in [0.25, 0.3) is 0 Å². The van der Waals surface area contributed by atoms with Crippen LogP contribution in [0.1, 0.15) is 30.0 Å². The third-order valence-electron chi connectivity index (χ3n) is 4.63. The van der Waals surface area contributed by atoms with Crippen LogP contribution < -0.4 is 5.73 Å². The molecule has 1 aliphatic heterocycles. The van der Waals surface area contributed by atoms with Crippen LogP contribution in [0.3, 0.4) is 0 Å². The Kier molecular flexibility index (Phi) is 4.16. The zero-order chi connectivity index (χ0) is 13.1. The summed E-state index contributed by atoms with van der Waals surface area (Å²) in [6.07, 6.45) is 3.93. The fraction of sp³-hybridized carbons (Fsp3) is 0.625. The second kappa shape index (κ2) is 6.04. The van der Waals surface area contributed by atoms with Gasteiger partial charge in [0.05, 0.1) is 0 Å². The van der Waals surface area contributed by atoms with Gasteiger partial charge in [0.2, 0.25) is 0 Å². The molecule has 3 rings (SSSR count). The summed E-state index contributed by atoms with van der Waals surface area (Å²) in [6.45, 7) is 6.57. The molecule has 0 spiro atoms. The normalized spacial score (nSPS) is 25.2. The van der Waals surface area contributed by atoms with Gasteiger partial charge in [-0.2, -0.15) is 0 Å². The van der Waals surface area contributed by atoms with Crippen molar-refractivity contribution in [3.63, 3.8) is 0 Å². The SMILES string of the molecule is NCCN1CCN([C@H]2CCCc3ccccc32)CC1. The van der Waals surface area contributed by atoms with Gasteiger partial charge in [0.15, 0.2) is 0 Å². The predicted molar refractivity (Wildman–Crippen MR) is 79.2 cm³/mol. The van der Waals surface area contributed by atoms with E-state index in [0.29, 0.717) is 6.04 Å². The lowest BCUT2D eigenvalue weighted by atomic mass is 9.86. The number of aryl methyl sites for hydroxylation is 1. The van der Waals surface area contributed by atoms with E-state index >= 15 is 0 Å². The smallest absolute Gasteiger partial charge is 0.0352 e. The Morgan fingerprint density at radius 1 is 1.11 bits per heavy atom. The molecule has 2 N–H and O–H groups in total. The summed E-state index contributed by atoms with van der Waals surface area (Å²) in [5.74, 6) is 0. The lowest BCUT2D eigenvalue weighted by molar-refractivity contribution is 0.0898. The first-order chi connectivity index (χ1) is 9.38. The van der Waals surface area contributed by atoms with Crippen molar-refractivity contribution in [1.82, 2.24) is 9.80 Å². The molecule has 0 saturated carbocycles. The Balaban J connectivity index is 1.68. The van der Waals surface area contributed by atoms with Crippen LogP contribution >= 0.6 is 0 Å². The van der Waals surface area contributed by atoms with Gasteiger partial charge in [-0.15, -0.1) is 0 Å². The van der Waals surface area contributed by atoms with Gasteiger partial charge in [-0.3, -0.25) is 9.80 Å². The number of nitrogens with two attached hydrogens (primary N) is 1. The lowest BCUT2D eigenvalue weighted by Crippen LogP contribution is -2.49. The molecule has 1 fully saturated rings. The molecule has 2 aliphatic rings. The second-order valence-corrected chi connectivity index (χ2v) is 5.77. The van der Waals surface area contributed by atoms with E-state index in [0.717, 1.165) is 13.1 Å². The van der Waals surface area contributed by atoms with E-state index in [1.165, 1.54) is 45.4 Å². The summed E-state index contributed by atoms with van der Waals surface area (Å²) >= 11 is 0. The van der Waals surface area contributed by atoms with E-state index in [9.17, 15) is 0 Å². The first-order valence-corrected chi connectivity index (χ1v) is 7.63. The standard InChI is InChI=1S/C16H25N3/c17-8-9-18-10-12-19(13-11-18)16-7-3-5-14-4-1-2-6-15(14)16/h1-2,4,6,16H,3,5,7-13,17H2/t16-/m0/s1. The molecule has 0 unspecified atom stereocenters. The zero-order valence-corrected chi connectivity index (χ0v) is 11.7. The maximum atomic E-state index is 5.64. The fourth-order valence-corrected chi connectivity index (χ4v) is 3.59. The van der Waals surface area contributed by atoms with Crippen molar-refractivity contribution in [3.05, 3.63) is 35.4 Å². The molecule has 3 heteroatoms. The maximum Gasteiger partial charge on any atom is 0.0352 e. The molecule has 0 bridgehead atoms. The minimum Gasteiger partial charge on any atom is -0.329 e. The Morgan fingerprint density at radius 2 is 1.89 bits per heavy atom. The number of hydrogen-bond donors (Lipinski definition) is 1. The average molecular weight is 259 g/mol. The number of fused-ring (bicyclic) bond motifs is 1. The minimum absolute atomic E-state index is 0.657. The highest BCUT2D eigenvalue weighted by atomic mass is 15.3. The largest absolute Gasteiger partial charge is 0.329 e. The number of hydrogen-bond acceptors (Lipinski definition) is 3. The van der Waals surface area contributed by atoms with Crippen LogP contribution in [0.15, 0.2) is 24.3 Å². The van der Waals surface area contributed by atoms with Gasteiger partial charge in [0.1, 0.15) is 0 Å². The van der Waals surface area contributed by atoms with Crippen LogP contribution in [-0.4, -0.2) is 49.1 Å². The Bertz CT molecular complexity index is 410. The molecule has 0 aromatic heterocycles. The Morgan fingerprint density at radius 3 is 2.68 bits per heavy atom. The lowest BCUT2D eigenvalue weighted by Gasteiger charge is -2.41. The Labute approximate surface area is 116 Å². The molecule has 0 amide bonds. The van der Waals surface area contributed by atoms with Crippen LogP contribution in [0.4, 0.5) is 0 Å². The van der Waals surface area contributed by atoms with E-state index in [2.05, 4.69) is 34.1 Å². The van der Waals surface area contributed by atoms with Gasteiger partial charge in [-0.1, -0.05) is 24.3 Å². The zero-order valence-electron chi connectivity index (χ0n) is 11.7. The summed E-state index contributed by atoms with van der Waals surface area (Å²) < 4.78 is 0. The fourth-order valence-electron chi connectivity index (χ4n) is 3.59. The molecule has 1 heterocycles. The van der Waals surface area contributed by atoms with Crippen molar-refractivity contribution >= 4 is 0 Å². The van der Waals surface area contributed by atoms with E-state index in [-0.39, 0.29) is 0 Å². The van der Waals surface area contributed by atoms with Crippen LogP contribution in [0.25, 0.3) is 0 Å². The van der Waals surface area contributed by atoms with Crippen molar-refractivity contribution in [2.45, 2.75) is 25.3 Å². The number of nitrogens with zero attached hydrogens (tertiary/aromatic N) is 2. The van der Waals surface area contributed by atoms with Gasteiger partial charge >= 0.3 is 0 Å². The van der Waals surface area contributed by atoms with Crippen LogP contribution in [0.2, 0.25) is 0 Å². The molecule has 1 saturated heterocycles. The topological polar surface area (TPSA) is 32.5 Å². The third kappa shape index (κ3) is 2.83. The van der Waals surface area contributed by atoms with E-state index in [4.69, 9.17) is 5.73 Å². The highest BCUT2D eigenvalue weighted by molar-refractivity contribution is 5.32. The summed E-state index contributed by atoms with van der Waals surface area (Å²) in [6, 6.07) is 9.68. The summed E-state index contributed by atoms with van der Waals surface area (Å²) in [5.41, 5.74) is 8.80. The molecule has 104 valence electrons. The monoisotopic (exact) mass is 259 g/mol. The summed E-state index contributed by atoms with van der Waals surface area (Å²) in [5, 5.41) is 0. The maximum absolute atomic E-state index is 5.64. The average Bonchev–Trinajstić information content (AvgIpc) is 2.48. The van der Waals surface area contributed by atoms with Gasteiger partial charge < -0.3 is 5.73 Å². The molecular weight excluding hydrogens is 234 g/mol. The van der Waals surface area contributed by atoms with Crippen molar-refractivity contribution in [3.8, 4) is 0 Å². The summed E-state index contributed by atoms with van der Waals surface area (Å²) in [7, 11) is 0. The number of benzene rings is 1. The molecule has 3 nitrogen and oxygen atoms in total. The van der Waals surface area contributed by atoms with E-state index < -0.39 is 0 Å². The first-order valence-electron chi connectivity index (χ1n) is 7.63. The number of rotatable bonds is 3. The summed E-state index contributed by atoms with van der Waals surface area (Å²) in [4.78, 5) is 5.18. The molecule has 19 heavy (non-hydrogen) atoms. The van der Waals surface area contributed by atoms with Gasteiger partial charge in [0, 0.05) is 45.3 Å². The van der Waals surface area contributed by atoms with Crippen molar-refractivity contribution in [2.24, 2.45) is 5.73 Å². The molecule has 1 aromatic rings. The number of piperazine rings is 1. The molecule has 1 aromatic carbocycles. The van der Waals surface area contributed by atoms with Crippen LogP contribution in [0.5, 0.6) is 0 Å². The highest BCUT2D eigenvalue weighted by Gasteiger charge is 2.27. The van der Waals surface area contributed by atoms with Crippen LogP contribution in [-0.2, 0) is 6.42 Å². The molecular formula is C16H25N3. The van der Waals surface area contributed by atoms with Gasteiger partial charge in [-0.25, -0.2) is 0 Å².